The van der Waals surface area contributed by atoms with Crippen molar-refractivity contribution in [2.75, 3.05) is 25.2 Å². The van der Waals surface area contributed by atoms with Gasteiger partial charge in [-0.25, -0.2) is 9.78 Å². The van der Waals surface area contributed by atoms with E-state index in [-0.39, 0.29) is 17.8 Å². The maximum atomic E-state index is 11.5. The first-order valence-corrected chi connectivity index (χ1v) is 6.99. The van der Waals surface area contributed by atoms with Crippen LogP contribution >= 0.6 is 22.9 Å². The Balaban J connectivity index is 2.24. The van der Waals surface area contributed by atoms with E-state index >= 15 is 0 Å². The van der Waals surface area contributed by atoms with Gasteiger partial charge in [-0.15, -0.1) is 0 Å². The van der Waals surface area contributed by atoms with Crippen LogP contribution in [0.3, 0.4) is 0 Å². The normalized spacial score (nSPS) is 19.9. The highest BCUT2D eigenvalue weighted by atomic mass is 35.5. The van der Waals surface area contributed by atoms with E-state index in [9.17, 15) is 9.90 Å². The number of rotatable bonds is 3. The van der Waals surface area contributed by atoms with Gasteiger partial charge in [0, 0.05) is 6.54 Å². The fraction of sp³-hybridized carbons (Fsp3) is 0.636. The number of esters is 1. The molecule has 1 aliphatic rings. The summed E-state index contributed by atoms with van der Waals surface area (Å²) in [6.07, 6.45) is 3.09. The van der Waals surface area contributed by atoms with Crippen LogP contribution in [0.4, 0.5) is 5.13 Å². The molecule has 0 bridgehead atoms. The fourth-order valence-electron chi connectivity index (χ4n) is 2.07. The summed E-state index contributed by atoms with van der Waals surface area (Å²) >= 11 is 7.15. The predicted octanol–water partition coefficient (Wildman–Crippen LogP) is 1.93. The molecule has 1 N–H and O–H groups in total. The summed E-state index contributed by atoms with van der Waals surface area (Å²) in [6.45, 7) is 0.917. The lowest BCUT2D eigenvalue weighted by molar-refractivity contribution is 0.0606. The molecule has 1 fully saturated rings. The minimum Gasteiger partial charge on any atom is -0.465 e. The highest BCUT2D eigenvalue weighted by Crippen LogP contribution is 2.33. The molecule has 0 saturated carbocycles. The van der Waals surface area contributed by atoms with Crippen molar-refractivity contribution >= 4 is 34.0 Å². The largest absolute Gasteiger partial charge is 0.465 e. The number of halogens is 1. The van der Waals surface area contributed by atoms with E-state index in [0.717, 1.165) is 25.8 Å². The zero-order chi connectivity index (χ0) is 13.1. The lowest BCUT2D eigenvalue weighted by atomic mass is 10.0. The number of hydrogen-bond donors (Lipinski definition) is 1. The Morgan fingerprint density at radius 1 is 1.67 bits per heavy atom. The van der Waals surface area contributed by atoms with E-state index < -0.39 is 5.97 Å². The summed E-state index contributed by atoms with van der Waals surface area (Å²) in [5.41, 5.74) is 0. The number of thiazole rings is 1. The van der Waals surface area contributed by atoms with Gasteiger partial charge in [0.15, 0.2) is 15.2 Å². The minimum absolute atomic E-state index is 0.0615. The summed E-state index contributed by atoms with van der Waals surface area (Å²) in [6, 6.07) is 0.0615. The van der Waals surface area contributed by atoms with Crippen LogP contribution in [-0.4, -0.2) is 42.4 Å². The molecule has 5 nitrogen and oxygen atoms in total. The third-order valence-corrected chi connectivity index (χ3v) is 4.49. The molecule has 0 spiro atoms. The first kappa shape index (κ1) is 13.6. The number of aromatic nitrogens is 1. The maximum absolute atomic E-state index is 11.5. The highest BCUT2D eigenvalue weighted by molar-refractivity contribution is 7.18. The lowest BCUT2D eigenvalue weighted by Gasteiger charge is -2.34. The number of methoxy groups -OCH3 is 1. The highest BCUT2D eigenvalue weighted by Gasteiger charge is 2.27. The number of anilines is 1. The molecular weight excluding hydrogens is 276 g/mol. The third-order valence-electron chi connectivity index (χ3n) is 3.03. The Kier molecular flexibility index (Phi) is 4.42. The maximum Gasteiger partial charge on any atom is 0.351 e. The topological polar surface area (TPSA) is 62.7 Å². The number of piperidine rings is 1. The summed E-state index contributed by atoms with van der Waals surface area (Å²) in [4.78, 5) is 18.0. The quantitative estimate of drug-likeness (QED) is 0.862. The third kappa shape index (κ3) is 2.60. The molecule has 2 rings (SSSR count). The molecular formula is C11H15ClN2O3S. The first-order chi connectivity index (χ1) is 8.67. The van der Waals surface area contributed by atoms with Crippen LogP contribution in [0.2, 0.25) is 5.15 Å². The summed E-state index contributed by atoms with van der Waals surface area (Å²) in [5.74, 6) is -0.471. The molecule has 1 aromatic rings. The lowest BCUT2D eigenvalue weighted by Crippen LogP contribution is -2.41. The van der Waals surface area contributed by atoms with Crippen molar-refractivity contribution in [1.82, 2.24) is 4.98 Å². The van der Waals surface area contributed by atoms with Crippen LogP contribution in [0.5, 0.6) is 0 Å². The van der Waals surface area contributed by atoms with Gasteiger partial charge in [-0.3, -0.25) is 0 Å². The molecule has 1 saturated heterocycles. The zero-order valence-corrected chi connectivity index (χ0v) is 11.6. The molecule has 1 aromatic heterocycles. The van der Waals surface area contributed by atoms with Gasteiger partial charge in [0.2, 0.25) is 0 Å². The molecule has 1 atom stereocenters. The van der Waals surface area contributed by atoms with Crippen molar-refractivity contribution in [2.24, 2.45) is 0 Å². The van der Waals surface area contributed by atoms with E-state index in [1.54, 1.807) is 0 Å². The average molecular weight is 291 g/mol. The van der Waals surface area contributed by atoms with E-state index in [2.05, 4.69) is 9.72 Å². The smallest absolute Gasteiger partial charge is 0.351 e. The molecule has 100 valence electrons. The van der Waals surface area contributed by atoms with Crippen molar-refractivity contribution < 1.29 is 14.6 Å². The number of carbonyl (C=O) groups is 1. The Labute approximate surface area is 114 Å². The van der Waals surface area contributed by atoms with Crippen molar-refractivity contribution in [1.29, 1.82) is 0 Å². The molecule has 7 heteroatoms. The van der Waals surface area contributed by atoms with Gasteiger partial charge < -0.3 is 14.7 Å². The average Bonchev–Trinajstić information content (AvgIpc) is 2.79. The molecule has 0 aliphatic carbocycles. The Morgan fingerprint density at radius 2 is 2.44 bits per heavy atom. The van der Waals surface area contributed by atoms with Crippen molar-refractivity contribution in [3.8, 4) is 0 Å². The van der Waals surface area contributed by atoms with Crippen LogP contribution in [0.15, 0.2) is 0 Å². The second-order valence-corrected chi connectivity index (χ2v) is 5.47. The predicted molar refractivity (Wildman–Crippen MR) is 70.5 cm³/mol. The molecule has 0 aromatic carbocycles. The number of ether oxygens (including phenoxy) is 1. The van der Waals surface area contributed by atoms with Crippen LogP contribution in [0.1, 0.15) is 28.9 Å². The number of aliphatic hydroxyl groups is 1. The van der Waals surface area contributed by atoms with Gasteiger partial charge >= 0.3 is 5.97 Å². The molecule has 0 amide bonds. The second-order valence-electron chi connectivity index (χ2n) is 4.13. The molecule has 1 aliphatic heterocycles. The molecule has 0 radical (unpaired) electrons. The Morgan fingerprint density at radius 3 is 3.11 bits per heavy atom. The van der Waals surface area contributed by atoms with Gasteiger partial charge in [0.25, 0.3) is 0 Å². The number of carbonyl (C=O) groups excluding carboxylic acids is 1. The number of aliphatic hydroxyl groups excluding tert-OH is 1. The fourth-order valence-corrected chi connectivity index (χ4v) is 3.37. The van der Waals surface area contributed by atoms with Crippen LogP contribution < -0.4 is 4.90 Å². The molecule has 18 heavy (non-hydrogen) atoms. The summed E-state index contributed by atoms with van der Waals surface area (Å²) in [7, 11) is 1.31. The molecule has 1 unspecified atom stereocenters. The zero-order valence-electron chi connectivity index (χ0n) is 10.1. The van der Waals surface area contributed by atoms with Gasteiger partial charge in [0.05, 0.1) is 19.8 Å². The van der Waals surface area contributed by atoms with Crippen molar-refractivity contribution in [3.63, 3.8) is 0 Å². The van der Waals surface area contributed by atoms with E-state index in [1.165, 1.54) is 18.4 Å². The number of nitrogens with zero attached hydrogens (tertiary/aromatic N) is 2. The Hall–Kier alpha value is -0.850. The SMILES string of the molecule is COC(=O)c1sc(N2CCCCC2CO)nc1Cl. The van der Waals surface area contributed by atoms with Crippen molar-refractivity contribution in [2.45, 2.75) is 25.3 Å². The van der Waals surface area contributed by atoms with Gasteiger partial charge in [-0.05, 0) is 19.3 Å². The molecule has 2 heterocycles. The minimum atomic E-state index is -0.471. The Bertz CT molecular complexity index is 438. The summed E-state index contributed by atoms with van der Waals surface area (Å²) in [5, 5.41) is 10.2. The van der Waals surface area contributed by atoms with Crippen molar-refractivity contribution in [3.05, 3.63) is 10.0 Å². The second kappa shape index (κ2) is 5.86. The van der Waals surface area contributed by atoms with E-state index in [1.807, 2.05) is 4.90 Å². The van der Waals surface area contributed by atoms with Gasteiger partial charge in [0.1, 0.15) is 0 Å². The summed E-state index contributed by atoms with van der Waals surface area (Å²) < 4.78 is 4.65. The van der Waals surface area contributed by atoms with Crippen LogP contribution in [0.25, 0.3) is 0 Å². The van der Waals surface area contributed by atoms with Gasteiger partial charge in [-0.1, -0.05) is 22.9 Å². The van der Waals surface area contributed by atoms with E-state index in [0.29, 0.717) is 10.0 Å². The van der Waals surface area contributed by atoms with Crippen LogP contribution in [0, 0.1) is 0 Å². The van der Waals surface area contributed by atoms with Gasteiger partial charge in [-0.2, -0.15) is 0 Å². The monoisotopic (exact) mass is 290 g/mol. The van der Waals surface area contributed by atoms with E-state index in [4.69, 9.17) is 11.6 Å². The standard InChI is InChI=1S/C11H15ClN2O3S/c1-17-10(16)8-9(12)13-11(18-8)14-5-3-2-4-7(14)6-15/h7,15H,2-6H2,1H3. The van der Waals surface area contributed by atoms with Crippen LogP contribution in [-0.2, 0) is 4.74 Å². The number of hydrogen-bond acceptors (Lipinski definition) is 6. The first-order valence-electron chi connectivity index (χ1n) is 5.79.